The molecular weight excluding hydrogens is 278 g/mol. The summed E-state index contributed by atoms with van der Waals surface area (Å²) in [5.41, 5.74) is 9.19. The second-order valence-corrected chi connectivity index (χ2v) is 5.94. The van der Waals surface area contributed by atoms with Crippen molar-refractivity contribution in [3.05, 3.63) is 59.7 Å². The van der Waals surface area contributed by atoms with E-state index in [1.54, 1.807) is 11.3 Å². The number of benzene rings is 2. The first kappa shape index (κ1) is 12.6. The maximum atomic E-state index is 5.78. The molecule has 0 bridgehead atoms. The summed E-state index contributed by atoms with van der Waals surface area (Å²) in [5, 5.41) is 4.56. The minimum Gasteiger partial charge on any atom is -0.330 e. The van der Waals surface area contributed by atoms with Crippen molar-refractivity contribution >= 4 is 27.1 Å². The molecule has 0 aliphatic rings. The fourth-order valence-electron chi connectivity index (χ4n) is 2.78. The van der Waals surface area contributed by atoms with Crippen LogP contribution in [0.4, 0.5) is 0 Å². The molecule has 2 aromatic carbocycles. The molecule has 3 nitrogen and oxygen atoms in total. The van der Waals surface area contributed by atoms with E-state index in [9.17, 15) is 0 Å². The van der Waals surface area contributed by atoms with Crippen molar-refractivity contribution in [2.45, 2.75) is 6.42 Å². The van der Waals surface area contributed by atoms with Crippen LogP contribution in [0.15, 0.2) is 54.0 Å². The summed E-state index contributed by atoms with van der Waals surface area (Å²) >= 11 is 1.66. The van der Waals surface area contributed by atoms with E-state index in [0.29, 0.717) is 6.54 Å². The van der Waals surface area contributed by atoms with Crippen molar-refractivity contribution in [1.82, 2.24) is 9.38 Å². The molecule has 0 amide bonds. The van der Waals surface area contributed by atoms with Gasteiger partial charge in [-0.3, -0.25) is 4.40 Å². The normalized spacial score (nSPS) is 11.5. The molecule has 21 heavy (non-hydrogen) atoms. The molecular formula is C17H15N3S. The average molecular weight is 293 g/mol. The van der Waals surface area contributed by atoms with E-state index in [4.69, 9.17) is 10.7 Å². The first-order chi connectivity index (χ1) is 10.4. The molecule has 0 aliphatic heterocycles. The summed E-state index contributed by atoms with van der Waals surface area (Å²) in [7, 11) is 0. The highest BCUT2D eigenvalue weighted by molar-refractivity contribution is 7.15. The van der Waals surface area contributed by atoms with Gasteiger partial charge in [-0.25, -0.2) is 4.98 Å². The molecule has 0 saturated carbocycles. The third-order valence-electron chi connectivity index (χ3n) is 3.77. The van der Waals surface area contributed by atoms with Gasteiger partial charge in [-0.1, -0.05) is 36.4 Å². The van der Waals surface area contributed by atoms with Gasteiger partial charge < -0.3 is 5.73 Å². The number of thiazole rings is 1. The maximum Gasteiger partial charge on any atom is 0.194 e. The van der Waals surface area contributed by atoms with Crippen LogP contribution in [0, 0.1) is 0 Å². The number of nitrogens with zero attached hydrogens (tertiary/aromatic N) is 2. The number of imidazole rings is 1. The van der Waals surface area contributed by atoms with Crippen LogP contribution in [-0.4, -0.2) is 15.9 Å². The molecule has 0 saturated heterocycles. The van der Waals surface area contributed by atoms with Crippen LogP contribution in [0.5, 0.6) is 0 Å². The lowest BCUT2D eigenvalue weighted by Crippen LogP contribution is -2.05. The number of fused-ring (bicyclic) bond motifs is 2. The molecule has 0 aliphatic carbocycles. The maximum absolute atomic E-state index is 5.78. The standard InChI is InChI=1S/C17H15N3S/c18-8-7-15-16(19-17-20(15)9-10-21-17)14-6-5-12-3-1-2-4-13(12)11-14/h1-6,9-11H,7-8,18H2. The Morgan fingerprint density at radius 1 is 1.10 bits per heavy atom. The number of hydrogen-bond acceptors (Lipinski definition) is 3. The van der Waals surface area contributed by atoms with Gasteiger partial charge in [0.15, 0.2) is 4.96 Å². The summed E-state index contributed by atoms with van der Waals surface area (Å²) < 4.78 is 2.15. The van der Waals surface area contributed by atoms with Crippen LogP contribution in [0.25, 0.3) is 27.0 Å². The van der Waals surface area contributed by atoms with Crippen LogP contribution < -0.4 is 5.73 Å². The van der Waals surface area contributed by atoms with Crippen molar-refractivity contribution < 1.29 is 0 Å². The Kier molecular flexibility index (Phi) is 2.98. The minimum atomic E-state index is 0.629. The van der Waals surface area contributed by atoms with Gasteiger partial charge in [-0.05, 0) is 23.4 Å². The Labute approximate surface area is 126 Å². The average Bonchev–Trinajstić information content (AvgIpc) is 3.10. The minimum absolute atomic E-state index is 0.629. The topological polar surface area (TPSA) is 43.3 Å². The fourth-order valence-corrected chi connectivity index (χ4v) is 3.51. The van der Waals surface area contributed by atoms with Crippen LogP contribution in [0.3, 0.4) is 0 Å². The van der Waals surface area contributed by atoms with Gasteiger partial charge in [0.05, 0.1) is 11.4 Å². The third-order valence-corrected chi connectivity index (χ3v) is 4.52. The van der Waals surface area contributed by atoms with Gasteiger partial charge in [0.2, 0.25) is 0 Å². The number of rotatable bonds is 3. The lowest BCUT2D eigenvalue weighted by atomic mass is 10.0. The zero-order valence-electron chi connectivity index (χ0n) is 11.5. The smallest absolute Gasteiger partial charge is 0.194 e. The van der Waals surface area contributed by atoms with E-state index in [0.717, 1.165) is 22.6 Å². The highest BCUT2D eigenvalue weighted by Gasteiger charge is 2.14. The largest absolute Gasteiger partial charge is 0.330 e. The van der Waals surface area contributed by atoms with Gasteiger partial charge in [-0.2, -0.15) is 0 Å². The molecule has 104 valence electrons. The van der Waals surface area contributed by atoms with Crippen molar-refractivity contribution in [2.24, 2.45) is 5.73 Å². The zero-order chi connectivity index (χ0) is 14.2. The van der Waals surface area contributed by atoms with Gasteiger partial charge in [0, 0.05) is 23.6 Å². The molecule has 0 unspecified atom stereocenters. The van der Waals surface area contributed by atoms with Gasteiger partial charge >= 0.3 is 0 Å². The molecule has 0 spiro atoms. The first-order valence-electron chi connectivity index (χ1n) is 7.00. The Hall–Kier alpha value is -2.17. The molecule has 2 aromatic heterocycles. The molecule has 0 radical (unpaired) electrons. The summed E-state index contributed by atoms with van der Waals surface area (Å²) in [6.07, 6.45) is 2.91. The van der Waals surface area contributed by atoms with E-state index in [-0.39, 0.29) is 0 Å². The van der Waals surface area contributed by atoms with E-state index in [1.165, 1.54) is 16.5 Å². The molecule has 0 atom stereocenters. The van der Waals surface area contributed by atoms with Crippen LogP contribution in [0.2, 0.25) is 0 Å². The SMILES string of the molecule is NCCc1c(-c2ccc3ccccc3c2)nc2sccn12. The lowest BCUT2D eigenvalue weighted by Gasteiger charge is -2.05. The molecule has 0 fully saturated rings. The molecule has 2 N–H and O–H groups in total. The summed E-state index contributed by atoms with van der Waals surface area (Å²) in [6.45, 7) is 0.629. The second kappa shape index (κ2) is 4.98. The Morgan fingerprint density at radius 2 is 1.95 bits per heavy atom. The zero-order valence-corrected chi connectivity index (χ0v) is 12.3. The van der Waals surface area contributed by atoms with Crippen LogP contribution >= 0.6 is 11.3 Å². The number of nitrogens with two attached hydrogens (primary N) is 1. The van der Waals surface area contributed by atoms with Crippen molar-refractivity contribution in [3.8, 4) is 11.3 Å². The first-order valence-corrected chi connectivity index (χ1v) is 7.88. The Balaban J connectivity index is 1.94. The van der Waals surface area contributed by atoms with Crippen LogP contribution in [0.1, 0.15) is 5.69 Å². The highest BCUT2D eigenvalue weighted by Crippen LogP contribution is 2.29. The second-order valence-electron chi connectivity index (χ2n) is 5.06. The fraction of sp³-hybridized carbons (Fsp3) is 0.118. The summed E-state index contributed by atoms with van der Waals surface area (Å²) in [6, 6.07) is 14.9. The van der Waals surface area contributed by atoms with Gasteiger partial charge in [0.1, 0.15) is 0 Å². The summed E-state index contributed by atoms with van der Waals surface area (Å²) in [4.78, 5) is 5.82. The predicted octanol–water partition coefficient (Wildman–Crippen LogP) is 3.72. The predicted molar refractivity (Wildman–Crippen MR) is 88.8 cm³/mol. The highest BCUT2D eigenvalue weighted by atomic mass is 32.1. The van der Waals surface area contributed by atoms with Crippen molar-refractivity contribution in [3.63, 3.8) is 0 Å². The molecule has 4 heteroatoms. The summed E-state index contributed by atoms with van der Waals surface area (Å²) in [5.74, 6) is 0. The van der Waals surface area contributed by atoms with E-state index in [1.807, 2.05) is 0 Å². The van der Waals surface area contributed by atoms with Gasteiger partial charge in [0.25, 0.3) is 0 Å². The quantitative estimate of drug-likeness (QED) is 0.625. The number of hydrogen-bond donors (Lipinski definition) is 1. The molecule has 4 aromatic rings. The Bertz CT molecular complexity index is 920. The van der Waals surface area contributed by atoms with Gasteiger partial charge in [-0.15, -0.1) is 11.3 Å². The molecule has 4 rings (SSSR count). The van der Waals surface area contributed by atoms with Crippen LogP contribution in [-0.2, 0) is 6.42 Å². The number of aromatic nitrogens is 2. The Morgan fingerprint density at radius 3 is 2.81 bits per heavy atom. The lowest BCUT2D eigenvalue weighted by molar-refractivity contribution is 0.911. The monoisotopic (exact) mass is 293 g/mol. The van der Waals surface area contributed by atoms with E-state index < -0.39 is 0 Å². The van der Waals surface area contributed by atoms with E-state index in [2.05, 4.69) is 58.4 Å². The van der Waals surface area contributed by atoms with Crippen molar-refractivity contribution in [2.75, 3.05) is 6.54 Å². The molecule has 2 heterocycles. The van der Waals surface area contributed by atoms with E-state index >= 15 is 0 Å². The van der Waals surface area contributed by atoms with Crippen molar-refractivity contribution in [1.29, 1.82) is 0 Å². The third kappa shape index (κ3) is 2.04.